The first kappa shape index (κ1) is 113. The van der Waals surface area contributed by atoms with E-state index in [0.717, 1.165) is 20.9 Å². The van der Waals surface area contributed by atoms with Gasteiger partial charge in [0.25, 0.3) is 34.7 Å². The van der Waals surface area contributed by atoms with Crippen LogP contribution in [0, 0.1) is 55.1 Å². The summed E-state index contributed by atoms with van der Waals surface area (Å²) in [4.78, 5) is 218. The minimum absolute atomic E-state index is 0.0208. The monoisotopic (exact) mass is 2030 g/mol. The third kappa shape index (κ3) is 26.1. The van der Waals surface area contributed by atoms with Crippen molar-refractivity contribution < 1.29 is 131 Å². The predicted octanol–water partition coefficient (Wildman–Crippen LogP) is 4.35. The Bertz CT molecular complexity index is 6270. The van der Waals surface area contributed by atoms with E-state index in [0.29, 0.717) is 134 Å². The number of halogens is 2. The molecule has 788 valence electrons. The van der Waals surface area contributed by atoms with Crippen molar-refractivity contribution in [2.24, 2.45) is 29.6 Å². The van der Waals surface area contributed by atoms with Crippen LogP contribution in [-0.4, -0.2) is 236 Å². The standard InChI is InChI=1S/C59H78FN7O17.C45H53FN6O10/c1-8-36-38-25-67-43(21-40-39(58(67)81)27-84-33(7)59(40,82)9-2)53(38)64-42-22-41(60)32(6)37(51(36)42)23-61-48(74)28-83-29-63-56(79)31(5)19-44(70)52(30(3)4)65-57(80)34(14-15-47(73)62-24-45(71)54(77)55(78)46(72)26-68)20-35(69)13-11-10-12-18-66-49(75)16-17-50(66)76;1-7-45(60)27(6)62-21-31-32(45)17-35-42-28(20-52(35)44(31)59)16-29-30(26(5)33(46)18-34(29)49-42)19-47-38(55)22-61-23-48-43(58)25(4)15-36(53)41(24(2)3)50-37(54)11-9-8-10-14-51-39(56)12-13-40(51)57/h16-17,21-22,30-31,34,45-46,52,54-55,68,71-72,77-78,82H,7-15,18-20,23-29H2,1-6H3,(H,61,74)(H,62,73)(H,63,79)(H,65,80);12-13,16-18,24-25,41,60H,6-11,14-15,19-23H2,1-5H3,(H,47,55)(H,48,58)(H,50,54)/t31-,34-,45+,46-,52+,54-,55-,59-;25-,41+,45-/m11/s1. The number of aromatic nitrogens is 4. The summed E-state index contributed by atoms with van der Waals surface area (Å²) >= 11 is 0. The number of Topliss-reactive ketones (excluding diaryl/α,β-unsaturated/α-hetero) is 3. The minimum Gasteiger partial charge on any atom is -0.490 e. The third-order valence-corrected chi connectivity index (χ3v) is 27.7. The zero-order chi connectivity index (χ0) is 107. The van der Waals surface area contributed by atoms with E-state index in [-0.39, 0.29) is 180 Å². The Kier molecular flexibility index (Phi) is 38.6. The van der Waals surface area contributed by atoms with Crippen LogP contribution in [0.5, 0.6) is 0 Å². The van der Waals surface area contributed by atoms with Gasteiger partial charge in [0.05, 0.1) is 82.8 Å². The van der Waals surface area contributed by atoms with E-state index in [1.807, 2.05) is 13.0 Å². The Morgan fingerprint density at radius 2 is 0.979 bits per heavy atom. The molecule has 0 bridgehead atoms. The van der Waals surface area contributed by atoms with Crippen LogP contribution in [0.4, 0.5) is 8.78 Å². The van der Waals surface area contributed by atoms with Crippen LogP contribution in [0.25, 0.3) is 44.6 Å². The number of aliphatic hydroxyl groups excluding tert-OH is 5. The van der Waals surface area contributed by atoms with E-state index >= 15 is 8.78 Å². The first-order valence-corrected chi connectivity index (χ1v) is 49.2. The normalized spacial score (nSPS) is 17.7. The summed E-state index contributed by atoms with van der Waals surface area (Å²) in [6, 6.07) is 5.98. The van der Waals surface area contributed by atoms with Crippen molar-refractivity contribution in [3.8, 4) is 22.8 Å². The fourth-order valence-electron chi connectivity index (χ4n) is 18.8. The van der Waals surface area contributed by atoms with Crippen LogP contribution in [0.1, 0.15) is 220 Å². The molecule has 42 heteroatoms. The molecule has 0 saturated heterocycles. The van der Waals surface area contributed by atoms with Crippen LogP contribution in [0.2, 0.25) is 0 Å². The lowest BCUT2D eigenvalue weighted by Gasteiger charge is -2.35. The number of rotatable bonds is 51. The summed E-state index contributed by atoms with van der Waals surface area (Å²) < 4.78 is 56.2. The molecule has 2 aromatic carbocycles. The van der Waals surface area contributed by atoms with Gasteiger partial charge in [0, 0.05) is 158 Å². The van der Waals surface area contributed by atoms with Crippen LogP contribution in [0.3, 0.4) is 0 Å². The minimum atomic E-state index is -1.94. The number of ketones is 3. The molecule has 0 radical (unpaired) electrons. The van der Waals surface area contributed by atoms with Gasteiger partial charge in [0.1, 0.15) is 98.3 Å². The molecule has 6 aliphatic heterocycles. The molecule has 11 amide bonds. The number of benzene rings is 2. The molecule has 10 heterocycles. The SMILES string of the molecule is C=C1OCc2c(cc3n(c2=O)Cc2c-3nc3cc(F)c(C)c(CNC(=O)COCNC(=O)[C@H](C)CC(=O)[C@@H](NC(=O)[C@H](CCC(=O)NC[C@H](O)[C@@H](O)[C@H](O)[C@H](O)CO)CC(=O)CCCCCN4C(=O)C=CC4=O)C(C)C)c3c2CC)[C@@]1(O)CC.C=C1OCc2c(cc3n(c2=O)Cc2cc4c(CNC(=O)COCNC(=O)[C@H](C)CC(=O)[C@@H](NC(=O)CCCCCN5C(=O)C=CC5=O)C(C)C)c(C)c(F)cc4nc2-3)[C@@]1(O)CC. The summed E-state index contributed by atoms with van der Waals surface area (Å²) in [5.74, 6) is -11.1. The van der Waals surface area contributed by atoms with E-state index in [1.54, 1.807) is 83.6 Å². The van der Waals surface area contributed by atoms with Gasteiger partial charge in [-0.1, -0.05) is 88.3 Å². The number of imide groups is 2. The van der Waals surface area contributed by atoms with Crippen molar-refractivity contribution in [3.05, 3.63) is 173 Å². The molecule has 0 spiro atoms. The Hall–Kier alpha value is -13.2. The maximum Gasteiger partial charge on any atom is 0.258 e. The number of pyridine rings is 4. The van der Waals surface area contributed by atoms with Gasteiger partial charge in [-0.25, -0.2) is 18.7 Å². The summed E-state index contributed by atoms with van der Waals surface area (Å²) in [5.41, 5.74) is 4.02. The molecule has 0 unspecified atom stereocenters. The van der Waals surface area contributed by atoms with Gasteiger partial charge in [-0.15, -0.1) is 0 Å². The molecule has 0 saturated carbocycles. The molecule has 0 fully saturated rings. The zero-order valence-electron chi connectivity index (χ0n) is 83.9. The van der Waals surface area contributed by atoms with E-state index in [9.17, 15) is 107 Å². The van der Waals surface area contributed by atoms with Crippen LogP contribution in [0.15, 0.2) is 88.9 Å². The Morgan fingerprint density at radius 1 is 0.514 bits per heavy atom. The van der Waals surface area contributed by atoms with E-state index in [4.69, 9.17) is 34.0 Å². The van der Waals surface area contributed by atoms with Gasteiger partial charge in [0.15, 0.2) is 11.6 Å². The predicted molar refractivity (Wildman–Crippen MR) is 524 cm³/mol. The van der Waals surface area contributed by atoms with Crippen LogP contribution in [-0.2, 0) is 143 Å². The number of nitrogens with zero attached hydrogens (tertiary/aromatic N) is 6. The van der Waals surface area contributed by atoms with Gasteiger partial charge in [-0.3, -0.25) is 86.5 Å². The Balaban J connectivity index is 0.000000290. The highest BCUT2D eigenvalue weighted by molar-refractivity contribution is 6.13. The first-order valence-electron chi connectivity index (χ1n) is 49.2. The molecule has 12 rings (SSSR count). The topological polar surface area (TPSA) is 578 Å². The summed E-state index contributed by atoms with van der Waals surface area (Å²) in [7, 11) is 0. The van der Waals surface area contributed by atoms with Crippen molar-refractivity contribution >= 4 is 104 Å². The smallest absolute Gasteiger partial charge is 0.258 e. The number of aryl methyl sites for hydroxylation is 1. The number of aliphatic hydroxyl groups is 7. The number of fused-ring (bicyclic) bond motifs is 10. The fourth-order valence-corrected chi connectivity index (χ4v) is 18.8. The maximum absolute atomic E-state index is 15.7. The molecule has 40 nitrogen and oxygen atoms in total. The number of nitrogens with one attached hydrogen (secondary N) is 7. The van der Waals surface area contributed by atoms with Gasteiger partial charge >= 0.3 is 0 Å². The molecule has 4 aromatic heterocycles. The maximum atomic E-state index is 15.7. The lowest BCUT2D eigenvalue weighted by molar-refractivity contribution is -0.138. The second-order valence-corrected chi connectivity index (χ2v) is 38.4. The molecule has 11 atom stereocenters. The van der Waals surface area contributed by atoms with Crippen LogP contribution >= 0.6 is 0 Å². The number of hydrogen-bond acceptors (Lipinski definition) is 29. The number of amides is 11. The molecule has 6 aliphatic rings. The van der Waals surface area contributed by atoms with E-state index < -0.39 is 169 Å². The molecule has 6 aromatic rings. The summed E-state index contributed by atoms with van der Waals surface area (Å²) in [6.45, 7) is 23.7. The molecular weight excluding hydrogens is 1900 g/mol. The number of carbonyl (C=O) groups is 14. The van der Waals surface area contributed by atoms with Gasteiger partial charge in [0.2, 0.25) is 41.4 Å². The second-order valence-electron chi connectivity index (χ2n) is 38.4. The van der Waals surface area contributed by atoms with Crippen molar-refractivity contribution in [1.82, 2.24) is 66.1 Å². The molecular formula is C104H131F2N13O27. The average Bonchev–Trinajstić information content (AvgIpc) is 1.53. The second kappa shape index (κ2) is 49.8. The summed E-state index contributed by atoms with van der Waals surface area (Å²) in [6.07, 6.45) is 0.0363. The van der Waals surface area contributed by atoms with Crippen molar-refractivity contribution in [3.63, 3.8) is 0 Å². The fraction of sp³-hybridized carbons (Fsp3) is 0.519. The zero-order valence-corrected chi connectivity index (χ0v) is 83.9. The average molecular weight is 2030 g/mol. The number of unbranched alkanes of at least 4 members (excludes halogenated alkanes) is 4. The lowest BCUT2D eigenvalue weighted by atomic mass is 9.84. The first-order chi connectivity index (χ1) is 69.2. The molecule has 146 heavy (non-hydrogen) atoms. The van der Waals surface area contributed by atoms with E-state index in [2.05, 4.69) is 50.4 Å². The third-order valence-electron chi connectivity index (χ3n) is 27.7. The number of carbonyl (C=O) groups excluding carboxylic acids is 14. The molecule has 14 N–H and O–H groups in total. The molecule has 0 aliphatic carbocycles. The lowest BCUT2D eigenvalue weighted by Crippen LogP contribution is -2.49. The van der Waals surface area contributed by atoms with Gasteiger partial charge in [-0.2, -0.15) is 0 Å². The van der Waals surface area contributed by atoms with E-state index in [1.165, 1.54) is 43.4 Å². The van der Waals surface area contributed by atoms with Crippen LogP contribution < -0.4 is 48.3 Å². The Morgan fingerprint density at radius 3 is 1.48 bits per heavy atom. The largest absolute Gasteiger partial charge is 0.490 e. The quantitative estimate of drug-likeness (QED) is 0.0143. The highest BCUT2D eigenvalue weighted by Gasteiger charge is 2.45. The van der Waals surface area contributed by atoms with Crippen molar-refractivity contribution in [1.29, 1.82) is 0 Å². The van der Waals surface area contributed by atoms with Crippen molar-refractivity contribution in [2.75, 3.05) is 52.9 Å². The number of ether oxygens (including phenoxy) is 4. The van der Waals surface area contributed by atoms with Gasteiger partial charge < -0.3 is 101 Å². The number of hydrogen-bond donors (Lipinski definition) is 14. The highest BCUT2D eigenvalue weighted by atomic mass is 19.1. The van der Waals surface area contributed by atoms with Crippen molar-refractivity contribution in [2.45, 2.75) is 266 Å². The summed E-state index contributed by atoms with van der Waals surface area (Å²) in [5, 5.41) is 91.5. The Labute approximate surface area is 841 Å². The highest BCUT2D eigenvalue weighted by Crippen LogP contribution is 2.46. The van der Waals surface area contributed by atoms with Gasteiger partial charge in [-0.05, 0) is 123 Å².